The lowest BCUT2D eigenvalue weighted by atomic mass is 10.1. The van der Waals surface area contributed by atoms with Gasteiger partial charge in [-0.25, -0.2) is 14.6 Å². The van der Waals surface area contributed by atoms with Gasteiger partial charge >= 0.3 is 0 Å². The van der Waals surface area contributed by atoms with Crippen molar-refractivity contribution < 1.29 is 4.79 Å². The van der Waals surface area contributed by atoms with Crippen molar-refractivity contribution in [1.82, 2.24) is 24.6 Å². The smallest absolute Gasteiger partial charge is 0.246 e. The number of hydrogen-bond donors (Lipinski definition) is 0. The molecule has 7 nitrogen and oxygen atoms in total. The van der Waals surface area contributed by atoms with Crippen molar-refractivity contribution in [1.29, 1.82) is 0 Å². The summed E-state index contributed by atoms with van der Waals surface area (Å²) in [4.78, 5) is 27.2. The van der Waals surface area contributed by atoms with E-state index < -0.39 is 0 Å². The van der Waals surface area contributed by atoms with Crippen LogP contribution < -0.4 is 4.90 Å². The fraction of sp³-hybridized carbons (Fsp3) is 0.212. The first-order valence-corrected chi connectivity index (χ1v) is 13.7. The number of fused-ring (bicyclic) bond motifs is 1. The van der Waals surface area contributed by atoms with E-state index in [1.54, 1.807) is 6.08 Å². The van der Waals surface area contributed by atoms with Crippen molar-refractivity contribution in [2.45, 2.75) is 20.3 Å². The third kappa shape index (κ3) is 5.36. The molecule has 1 saturated heterocycles. The number of anilines is 1. The quantitative estimate of drug-likeness (QED) is 0.277. The Bertz CT molecular complexity index is 1650. The molecule has 0 atom stereocenters. The van der Waals surface area contributed by atoms with Gasteiger partial charge in [-0.1, -0.05) is 78.4 Å². The number of carbonyl (C=O) groups is 1. The van der Waals surface area contributed by atoms with Crippen LogP contribution in [0, 0.1) is 13.8 Å². The zero-order chi connectivity index (χ0) is 27.5. The van der Waals surface area contributed by atoms with Crippen LogP contribution in [0.2, 0.25) is 0 Å². The number of para-hydroxylation sites is 1. The Kier molecular flexibility index (Phi) is 7.10. The molecule has 1 fully saturated rings. The predicted molar refractivity (Wildman–Crippen MR) is 160 cm³/mol. The second-order valence-electron chi connectivity index (χ2n) is 10.2. The van der Waals surface area contributed by atoms with Crippen LogP contribution in [-0.4, -0.2) is 56.7 Å². The van der Waals surface area contributed by atoms with Crippen LogP contribution in [0.1, 0.15) is 28.2 Å². The van der Waals surface area contributed by atoms with Crippen LogP contribution in [0.25, 0.3) is 22.8 Å². The van der Waals surface area contributed by atoms with E-state index in [0.29, 0.717) is 32.6 Å². The first-order valence-electron chi connectivity index (χ1n) is 13.7. The lowest BCUT2D eigenvalue weighted by molar-refractivity contribution is -0.126. The van der Waals surface area contributed by atoms with Crippen LogP contribution in [0.5, 0.6) is 0 Å². The average molecular weight is 529 g/mol. The standard InChI is InChI=1S/C33H32N6O/c1-24-13-15-27(16-14-24)23-29-34-32(31-25(2)36-39(33(31)35-29)28-11-7-4-8-12-28)38-21-19-37(20-22-38)30(40)18-17-26-9-5-3-6-10-26/h3-18H,19-23H2,1-2H3. The Morgan fingerprint density at radius 2 is 1.50 bits per heavy atom. The van der Waals surface area contributed by atoms with Gasteiger partial charge in [-0.05, 0) is 43.2 Å². The normalized spacial score (nSPS) is 13.8. The fourth-order valence-corrected chi connectivity index (χ4v) is 5.13. The Hall–Kier alpha value is -4.78. The zero-order valence-electron chi connectivity index (χ0n) is 22.9. The minimum atomic E-state index is 0.0319. The van der Waals surface area contributed by atoms with E-state index in [4.69, 9.17) is 15.1 Å². The summed E-state index contributed by atoms with van der Waals surface area (Å²) < 4.78 is 1.92. The van der Waals surface area contributed by atoms with Crippen molar-refractivity contribution in [3.8, 4) is 5.69 Å². The molecule has 0 aliphatic carbocycles. The number of piperazine rings is 1. The number of aromatic nitrogens is 4. The molecule has 6 rings (SSSR count). The molecule has 5 aromatic rings. The molecule has 3 aromatic carbocycles. The fourth-order valence-electron chi connectivity index (χ4n) is 5.13. The van der Waals surface area contributed by atoms with E-state index >= 15 is 0 Å². The third-order valence-electron chi connectivity index (χ3n) is 7.32. The Morgan fingerprint density at radius 3 is 2.20 bits per heavy atom. The monoisotopic (exact) mass is 528 g/mol. The van der Waals surface area contributed by atoms with Gasteiger partial charge in [-0.2, -0.15) is 5.10 Å². The van der Waals surface area contributed by atoms with Crippen molar-refractivity contribution in [3.05, 3.63) is 119 Å². The summed E-state index contributed by atoms with van der Waals surface area (Å²) in [6.45, 7) is 6.75. The van der Waals surface area contributed by atoms with Gasteiger partial charge in [0.15, 0.2) is 5.65 Å². The molecule has 0 unspecified atom stereocenters. The molecule has 7 heteroatoms. The van der Waals surface area contributed by atoms with E-state index in [0.717, 1.165) is 39.6 Å². The second kappa shape index (κ2) is 11.1. The highest BCUT2D eigenvalue weighted by atomic mass is 16.2. The summed E-state index contributed by atoms with van der Waals surface area (Å²) in [6.07, 6.45) is 4.17. The van der Waals surface area contributed by atoms with E-state index in [1.807, 2.05) is 83.2 Å². The van der Waals surface area contributed by atoms with Crippen LogP contribution in [0.15, 0.2) is 91.0 Å². The van der Waals surface area contributed by atoms with Crippen LogP contribution in [-0.2, 0) is 11.2 Å². The predicted octanol–water partition coefficient (Wildman–Crippen LogP) is 5.39. The highest BCUT2D eigenvalue weighted by Crippen LogP contribution is 2.30. The summed E-state index contributed by atoms with van der Waals surface area (Å²) in [5, 5.41) is 5.84. The summed E-state index contributed by atoms with van der Waals surface area (Å²) in [6, 6.07) is 28.5. The minimum absolute atomic E-state index is 0.0319. The average Bonchev–Trinajstić information content (AvgIpc) is 3.34. The van der Waals surface area contributed by atoms with Crippen LogP contribution in [0.3, 0.4) is 0 Å². The SMILES string of the molecule is Cc1ccc(Cc2nc(N3CCN(C(=O)C=Cc4ccccc4)CC3)c3c(C)nn(-c4ccccc4)c3n2)cc1. The van der Waals surface area contributed by atoms with Crippen molar-refractivity contribution in [3.63, 3.8) is 0 Å². The highest BCUT2D eigenvalue weighted by molar-refractivity contribution is 5.93. The number of aryl methyl sites for hydroxylation is 2. The molecular formula is C33H32N6O. The Morgan fingerprint density at radius 1 is 0.825 bits per heavy atom. The van der Waals surface area contributed by atoms with E-state index in [2.05, 4.69) is 36.1 Å². The van der Waals surface area contributed by atoms with E-state index in [-0.39, 0.29) is 5.91 Å². The van der Waals surface area contributed by atoms with Gasteiger partial charge in [-0.3, -0.25) is 4.79 Å². The lowest BCUT2D eigenvalue weighted by Gasteiger charge is -2.35. The number of nitrogens with zero attached hydrogens (tertiary/aromatic N) is 6. The third-order valence-corrected chi connectivity index (χ3v) is 7.32. The van der Waals surface area contributed by atoms with Gasteiger partial charge in [0.25, 0.3) is 0 Å². The number of rotatable bonds is 6. The molecule has 40 heavy (non-hydrogen) atoms. The van der Waals surface area contributed by atoms with E-state index in [1.165, 1.54) is 11.1 Å². The Balaban J connectivity index is 1.31. The molecule has 3 heterocycles. The summed E-state index contributed by atoms with van der Waals surface area (Å²) >= 11 is 0. The molecule has 200 valence electrons. The molecule has 0 saturated carbocycles. The maximum atomic E-state index is 12.9. The minimum Gasteiger partial charge on any atom is -0.352 e. The van der Waals surface area contributed by atoms with Gasteiger partial charge < -0.3 is 9.80 Å². The maximum absolute atomic E-state index is 12.9. The number of carbonyl (C=O) groups excluding carboxylic acids is 1. The molecule has 1 aliphatic rings. The Labute approximate surface area is 234 Å². The molecule has 0 N–H and O–H groups in total. The summed E-state index contributed by atoms with van der Waals surface area (Å²) in [5.74, 6) is 1.68. The van der Waals surface area contributed by atoms with Gasteiger partial charge in [-0.15, -0.1) is 0 Å². The summed E-state index contributed by atoms with van der Waals surface area (Å²) in [5.41, 5.74) is 6.07. The molecule has 0 spiro atoms. The second-order valence-corrected chi connectivity index (χ2v) is 10.2. The molecule has 0 radical (unpaired) electrons. The largest absolute Gasteiger partial charge is 0.352 e. The van der Waals surface area contributed by atoms with Gasteiger partial charge in [0, 0.05) is 38.7 Å². The van der Waals surface area contributed by atoms with Crippen molar-refractivity contribution >= 4 is 28.8 Å². The maximum Gasteiger partial charge on any atom is 0.246 e. The highest BCUT2D eigenvalue weighted by Gasteiger charge is 2.26. The molecule has 0 bridgehead atoms. The first kappa shape index (κ1) is 25.5. The van der Waals surface area contributed by atoms with Crippen LogP contribution in [0.4, 0.5) is 5.82 Å². The van der Waals surface area contributed by atoms with E-state index in [9.17, 15) is 4.79 Å². The molecule has 1 aliphatic heterocycles. The van der Waals surface area contributed by atoms with Crippen LogP contribution >= 0.6 is 0 Å². The van der Waals surface area contributed by atoms with Crippen molar-refractivity contribution in [2.24, 2.45) is 0 Å². The van der Waals surface area contributed by atoms with Crippen molar-refractivity contribution in [2.75, 3.05) is 31.1 Å². The lowest BCUT2D eigenvalue weighted by Crippen LogP contribution is -2.48. The number of amides is 1. The number of benzene rings is 3. The molecule has 1 amide bonds. The molecule has 2 aromatic heterocycles. The topological polar surface area (TPSA) is 67.2 Å². The first-order chi connectivity index (χ1) is 19.5. The van der Waals surface area contributed by atoms with Gasteiger partial charge in [0.05, 0.1) is 16.8 Å². The zero-order valence-corrected chi connectivity index (χ0v) is 22.9. The molecular weight excluding hydrogens is 496 g/mol. The summed E-state index contributed by atoms with van der Waals surface area (Å²) in [7, 11) is 0. The van der Waals surface area contributed by atoms with Gasteiger partial charge in [0.2, 0.25) is 5.91 Å². The van der Waals surface area contributed by atoms with Gasteiger partial charge in [0.1, 0.15) is 11.6 Å². The number of hydrogen-bond acceptors (Lipinski definition) is 5.